The van der Waals surface area contributed by atoms with Crippen LogP contribution in [-0.2, 0) is 14.8 Å². The van der Waals surface area contributed by atoms with Gasteiger partial charge in [-0.25, -0.2) is 0 Å². The summed E-state index contributed by atoms with van der Waals surface area (Å²) in [5.74, 6) is 0.349. The van der Waals surface area contributed by atoms with Gasteiger partial charge in [0, 0.05) is 13.1 Å². The summed E-state index contributed by atoms with van der Waals surface area (Å²) in [4.78, 5) is 11.3. The predicted molar refractivity (Wildman–Crippen MR) is 82.4 cm³/mol. The fraction of sp³-hybridized carbons (Fsp3) is 0.333. The largest absolute Gasteiger partial charge is 0.494 e. The van der Waals surface area contributed by atoms with Gasteiger partial charge in [-0.1, -0.05) is 11.8 Å². The Labute approximate surface area is 127 Å². The number of sulfonamides is 1. The van der Waals surface area contributed by atoms with E-state index in [1.54, 1.807) is 12.1 Å². The zero-order valence-corrected chi connectivity index (χ0v) is 13.2. The van der Waals surface area contributed by atoms with Gasteiger partial charge in [0.1, 0.15) is 10.6 Å². The molecule has 0 saturated heterocycles. The van der Waals surface area contributed by atoms with E-state index >= 15 is 0 Å². The van der Waals surface area contributed by atoms with Gasteiger partial charge in [0.15, 0.2) is 5.17 Å². The molecule has 1 aliphatic rings. The first-order valence-electron chi connectivity index (χ1n) is 6.18. The van der Waals surface area contributed by atoms with Crippen LogP contribution in [0.4, 0.5) is 5.69 Å². The smallest absolute Gasteiger partial charge is 0.286 e. The number of hydrogen-bond acceptors (Lipinski definition) is 6. The highest BCUT2D eigenvalue weighted by atomic mass is 32.2. The lowest BCUT2D eigenvalue weighted by atomic mass is 10.3. The molecule has 0 fully saturated rings. The monoisotopic (exact) mass is 329 g/mol. The van der Waals surface area contributed by atoms with Crippen molar-refractivity contribution in [2.75, 3.05) is 24.7 Å². The third kappa shape index (κ3) is 3.67. The first-order chi connectivity index (χ1) is 9.96. The maximum absolute atomic E-state index is 12.2. The number of ether oxygens (including phenoxy) is 1. The van der Waals surface area contributed by atoms with E-state index < -0.39 is 10.0 Å². The molecule has 1 aliphatic heterocycles. The van der Waals surface area contributed by atoms with E-state index in [1.807, 2.05) is 6.92 Å². The molecule has 0 unspecified atom stereocenters. The molecular weight excluding hydrogens is 314 g/mol. The Morgan fingerprint density at radius 2 is 2.24 bits per heavy atom. The van der Waals surface area contributed by atoms with Gasteiger partial charge in [-0.3, -0.25) is 4.79 Å². The Balaban J connectivity index is 2.25. The number of amidine groups is 1. The minimum Gasteiger partial charge on any atom is -0.494 e. The lowest BCUT2D eigenvalue weighted by Gasteiger charge is -2.18. The lowest BCUT2D eigenvalue weighted by Crippen LogP contribution is -2.24. The number of nitrogens with one attached hydrogen (secondary N) is 2. The SMILES string of the molecule is CCOc1ccc2c(c1)S(=O)(=O)N=C(SCC(=O)NC)N2. The van der Waals surface area contributed by atoms with Crippen molar-refractivity contribution in [1.29, 1.82) is 0 Å². The van der Waals surface area contributed by atoms with E-state index in [2.05, 4.69) is 15.0 Å². The van der Waals surface area contributed by atoms with E-state index in [4.69, 9.17) is 4.74 Å². The number of carbonyl (C=O) groups is 1. The number of amides is 1. The molecule has 2 rings (SSSR count). The average molecular weight is 329 g/mol. The molecule has 0 atom stereocenters. The fourth-order valence-electron chi connectivity index (χ4n) is 1.64. The van der Waals surface area contributed by atoms with Crippen LogP contribution in [0.25, 0.3) is 0 Å². The molecule has 0 aliphatic carbocycles. The molecule has 2 N–H and O–H groups in total. The fourth-order valence-corrected chi connectivity index (χ4v) is 3.76. The number of rotatable bonds is 4. The quantitative estimate of drug-likeness (QED) is 0.856. The van der Waals surface area contributed by atoms with Gasteiger partial charge in [-0.2, -0.15) is 8.42 Å². The molecule has 21 heavy (non-hydrogen) atoms. The van der Waals surface area contributed by atoms with Gasteiger partial charge < -0.3 is 15.4 Å². The highest BCUT2D eigenvalue weighted by Crippen LogP contribution is 2.32. The predicted octanol–water partition coefficient (Wildman–Crippen LogP) is 1.03. The normalized spacial score (nSPS) is 15.4. The minimum atomic E-state index is -3.79. The summed E-state index contributed by atoms with van der Waals surface area (Å²) < 4.78 is 33.3. The van der Waals surface area contributed by atoms with Gasteiger partial charge >= 0.3 is 0 Å². The van der Waals surface area contributed by atoms with Crippen LogP contribution in [0.2, 0.25) is 0 Å². The highest BCUT2D eigenvalue weighted by molar-refractivity contribution is 8.15. The van der Waals surface area contributed by atoms with Crippen LogP contribution in [-0.4, -0.2) is 38.9 Å². The Morgan fingerprint density at radius 1 is 1.48 bits per heavy atom. The van der Waals surface area contributed by atoms with Crippen LogP contribution in [0, 0.1) is 0 Å². The molecular formula is C12H15N3O4S2. The van der Waals surface area contributed by atoms with E-state index in [0.29, 0.717) is 18.0 Å². The molecule has 0 radical (unpaired) electrons. The Kier molecular flexibility index (Phi) is 4.73. The number of carbonyl (C=O) groups excluding carboxylic acids is 1. The number of benzene rings is 1. The highest BCUT2D eigenvalue weighted by Gasteiger charge is 2.26. The van der Waals surface area contributed by atoms with Crippen LogP contribution in [0.15, 0.2) is 27.5 Å². The molecule has 1 aromatic carbocycles. The van der Waals surface area contributed by atoms with E-state index in [-0.39, 0.29) is 21.7 Å². The van der Waals surface area contributed by atoms with Crippen molar-refractivity contribution in [2.24, 2.45) is 4.40 Å². The van der Waals surface area contributed by atoms with Crippen LogP contribution >= 0.6 is 11.8 Å². The number of hydrogen-bond donors (Lipinski definition) is 2. The molecule has 114 valence electrons. The van der Waals surface area contributed by atoms with Gasteiger partial charge in [-0.15, -0.1) is 4.40 Å². The average Bonchev–Trinajstić information content (AvgIpc) is 2.45. The van der Waals surface area contributed by atoms with Crippen molar-refractivity contribution in [3.63, 3.8) is 0 Å². The second-order valence-electron chi connectivity index (χ2n) is 4.05. The van der Waals surface area contributed by atoms with Crippen LogP contribution in [0.3, 0.4) is 0 Å². The summed E-state index contributed by atoms with van der Waals surface area (Å²) in [6, 6.07) is 4.73. The summed E-state index contributed by atoms with van der Waals surface area (Å²) in [6.07, 6.45) is 0. The molecule has 1 aromatic rings. The molecule has 1 heterocycles. The third-order valence-electron chi connectivity index (χ3n) is 2.61. The molecule has 9 heteroatoms. The first-order valence-corrected chi connectivity index (χ1v) is 8.61. The molecule has 7 nitrogen and oxygen atoms in total. The number of anilines is 1. The Hall–Kier alpha value is -1.74. The summed E-state index contributed by atoms with van der Waals surface area (Å²) in [6.45, 7) is 2.26. The van der Waals surface area contributed by atoms with Crippen molar-refractivity contribution >= 4 is 38.5 Å². The molecule has 0 aromatic heterocycles. The van der Waals surface area contributed by atoms with Gasteiger partial charge in [0.05, 0.1) is 18.0 Å². The van der Waals surface area contributed by atoms with E-state index in [1.165, 1.54) is 13.1 Å². The maximum atomic E-state index is 12.2. The summed E-state index contributed by atoms with van der Waals surface area (Å²) in [7, 11) is -2.28. The molecule has 1 amide bonds. The molecule has 0 saturated carbocycles. The van der Waals surface area contributed by atoms with Crippen LogP contribution < -0.4 is 15.4 Å². The maximum Gasteiger partial charge on any atom is 0.286 e. The minimum absolute atomic E-state index is 0.0674. The van der Waals surface area contributed by atoms with Crippen molar-refractivity contribution in [1.82, 2.24) is 5.32 Å². The van der Waals surface area contributed by atoms with Crippen molar-refractivity contribution < 1.29 is 17.9 Å². The summed E-state index contributed by atoms with van der Waals surface area (Å²) >= 11 is 1.03. The number of thioether (sulfide) groups is 1. The number of nitrogens with zero attached hydrogens (tertiary/aromatic N) is 1. The Bertz CT molecular complexity index is 686. The van der Waals surface area contributed by atoms with Crippen LogP contribution in [0.5, 0.6) is 5.75 Å². The Morgan fingerprint density at radius 3 is 2.90 bits per heavy atom. The lowest BCUT2D eigenvalue weighted by molar-refractivity contribution is -0.118. The van der Waals surface area contributed by atoms with Crippen molar-refractivity contribution in [2.45, 2.75) is 11.8 Å². The zero-order valence-electron chi connectivity index (χ0n) is 11.5. The van der Waals surface area contributed by atoms with Gasteiger partial charge in [-0.05, 0) is 19.1 Å². The second-order valence-corrected chi connectivity index (χ2v) is 6.59. The van der Waals surface area contributed by atoms with E-state index in [0.717, 1.165) is 11.8 Å². The topological polar surface area (TPSA) is 96.9 Å². The standard InChI is InChI=1S/C12H15N3O4S2/c1-3-19-8-4-5-9-10(6-8)21(17,18)15-12(14-9)20-7-11(16)13-2/h4-6H,3,7H2,1-2H3,(H,13,16)(H,14,15). The van der Waals surface area contributed by atoms with Crippen molar-refractivity contribution in [3.05, 3.63) is 18.2 Å². The first kappa shape index (κ1) is 15.6. The van der Waals surface area contributed by atoms with Crippen LogP contribution in [0.1, 0.15) is 6.92 Å². The third-order valence-corrected chi connectivity index (χ3v) is 4.91. The van der Waals surface area contributed by atoms with Gasteiger partial charge in [0.2, 0.25) is 5.91 Å². The molecule has 0 bridgehead atoms. The number of fused-ring (bicyclic) bond motifs is 1. The summed E-state index contributed by atoms with van der Waals surface area (Å²) in [5.41, 5.74) is 0.424. The second kappa shape index (κ2) is 6.35. The van der Waals surface area contributed by atoms with E-state index in [9.17, 15) is 13.2 Å². The molecule has 0 spiro atoms. The van der Waals surface area contributed by atoms with Crippen molar-refractivity contribution in [3.8, 4) is 5.75 Å². The zero-order chi connectivity index (χ0) is 15.5. The summed E-state index contributed by atoms with van der Waals surface area (Å²) in [5, 5.41) is 5.53. The van der Waals surface area contributed by atoms with Gasteiger partial charge in [0.25, 0.3) is 10.0 Å².